The first-order valence-corrected chi connectivity index (χ1v) is 14.6. The number of methoxy groups -OCH3 is 1. The molecule has 13 heteroatoms. The lowest BCUT2D eigenvalue weighted by molar-refractivity contribution is -0.143. The highest BCUT2D eigenvalue weighted by Gasteiger charge is 2.39. The van der Waals surface area contributed by atoms with E-state index in [1.807, 2.05) is 31.2 Å². The van der Waals surface area contributed by atoms with Crippen LogP contribution in [0.2, 0.25) is 0 Å². The highest BCUT2D eigenvalue weighted by Crippen LogP contribution is 2.37. The molecule has 1 heterocycles. The lowest BCUT2D eigenvalue weighted by Crippen LogP contribution is -2.48. The van der Waals surface area contributed by atoms with E-state index >= 15 is 0 Å². The van der Waals surface area contributed by atoms with E-state index in [-0.39, 0.29) is 50.4 Å². The van der Waals surface area contributed by atoms with E-state index in [1.54, 1.807) is 42.3 Å². The monoisotopic (exact) mass is 671 g/mol. The van der Waals surface area contributed by atoms with Crippen LogP contribution in [0.1, 0.15) is 58.4 Å². The third-order valence-corrected chi connectivity index (χ3v) is 7.93. The van der Waals surface area contributed by atoms with E-state index in [4.69, 9.17) is 4.74 Å². The summed E-state index contributed by atoms with van der Waals surface area (Å²) in [4.78, 5) is 30.3. The fraction of sp³-hybridized carbons (Fsp3) is 0.394. The number of nitrogens with one attached hydrogen (secondary N) is 1. The molecule has 0 aliphatic carbocycles. The van der Waals surface area contributed by atoms with E-state index in [0.29, 0.717) is 37.1 Å². The molecule has 0 spiro atoms. The second-order valence-electron chi connectivity index (χ2n) is 10.8. The van der Waals surface area contributed by atoms with Gasteiger partial charge in [0, 0.05) is 31.7 Å². The number of hydrogen-bond acceptors (Lipinski definition) is 4. The van der Waals surface area contributed by atoms with Gasteiger partial charge < -0.3 is 19.9 Å². The molecule has 0 saturated carbocycles. The van der Waals surface area contributed by atoms with E-state index < -0.39 is 47.0 Å². The van der Waals surface area contributed by atoms with E-state index in [1.165, 1.54) is 4.90 Å². The molecule has 1 N–H and O–H groups in total. The number of hydrogen-bond donors (Lipinski definition) is 1. The van der Waals surface area contributed by atoms with Gasteiger partial charge >= 0.3 is 12.4 Å². The van der Waals surface area contributed by atoms with Gasteiger partial charge in [-0.15, -0.1) is 12.4 Å². The number of alkyl halides is 6. The van der Waals surface area contributed by atoms with Gasteiger partial charge in [0.25, 0.3) is 5.91 Å². The van der Waals surface area contributed by atoms with Crippen molar-refractivity contribution in [2.75, 3.05) is 33.3 Å². The number of benzene rings is 3. The summed E-state index contributed by atoms with van der Waals surface area (Å²) in [6, 6.07) is 16.0. The summed E-state index contributed by atoms with van der Waals surface area (Å²) in [5.74, 6) is -0.431. The van der Waals surface area contributed by atoms with E-state index in [9.17, 15) is 35.9 Å². The summed E-state index contributed by atoms with van der Waals surface area (Å²) in [5, 5.41) is 3.29. The highest BCUT2D eigenvalue weighted by molar-refractivity contribution is 5.95. The van der Waals surface area contributed by atoms with Gasteiger partial charge in [-0.25, -0.2) is 0 Å². The Hall–Kier alpha value is -3.77. The first-order chi connectivity index (χ1) is 21.3. The summed E-state index contributed by atoms with van der Waals surface area (Å²) in [6.45, 7) is 2.57. The molecule has 0 aromatic heterocycles. The molecule has 6 nitrogen and oxygen atoms in total. The van der Waals surface area contributed by atoms with Gasteiger partial charge in [0.1, 0.15) is 5.75 Å². The van der Waals surface area contributed by atoms with Crippen LogP contribution in [0.4, 0.5) is 26.3 Å². The zero-order valence-corrected chi connectivity index (χ0v) is 26.1. The molecule has 3 aromatic carbocycles. The van der Waals surface area contributed by atoms with Crippen LogP contribution in [0.3, 0.4) is 0 Å². The lowest BCUT2D eigenvalue weighted by atomic mass is 9.99. The smallest absolute Gasteiger partial charge is 0.416 e. The quantitative estimate of drug-likeness (QED) is 0.245. The molecular weight excluding hydrogens is 636 g/mol. The van der Waals surface area contributed by atoms with Crippen molar-refractivity contribution in [3.8, 4) is 5.75 Å². The van der Waals surface area contributed by atoms with Crippen molar-refractivity contribution in [1.82, 2.24) is 15.1 Å². The van der Waals surface area contributed by atoms with Crippen LogP contribution in [-0.4, -0.2) is 60.9 Å². The number of nitrogens with zero attached hydrogens (tertiary/aromatic N) is 2. The van der Waals surface area contributed by atoms with Crippen LogP contribution >= 0.6 is 12.4 Å². The van der Waals surface area contributed by atoms with Gasteiger partial charge in [0.05, 0.1) is 30.3 Å². The third-order valence-electron chi connectivity index (χ3n) is 7.93. The second kappa shape index (κ2) is 15.7. The van der Waals surface area contributed by atoms with Crippen molar-refractivity contribution in [1.29, 1.82) is 0 Å². The number of amides is 2. The molecule has 1 fully saturated rings. The summed E-state index contributed by atoms with van der Waals surface area (Å²) in [7, 11) is 1.59. The first kappa shape index (κ1) is 36.7. The molecule has 2 amide bonds. The van der Waals surface area contributed by atoms with Crippen LogP contribution < -0.4 is 10.1 Å². The average Bonchev–Trinajstić information content (AvgIpc) is 3.25. The van der Waals surface area contributed by atoms with Crippen molar-refractivity contribution in [3.63, 3.8) is 0 Å². The molecule has 46 heavy (non-hydrogen) atoms. The number of para-hydroxylation sites is 1. The second-order valence-corrected chi connectivity index (χ2v) is 10.8. The zero-order valence-electron chi connectivity index (χ0n) is 25.3. The largest absolute Gasteiger partial charge is 0.496 e. The summed E-state index contributed by atoms with van der Waals surface area (Å²) in [5.41, 5.74) is -2.21. The molecule has 0 bridgehead atoms. The molecule has 2 unspecified atom stereocenters. The molecular formula is C33H36ClF6N3O3. The Bertz CT molecular complexity index is 1440. The molecule has 2 atom stereocenters. The number of carbonyl (C=O) groups excluding carboxylic acids is 2. The fourth-order valence-corrected chi connectivity index (χ4v) is 5.58. The lowest BCUT2D eigenvalue weighted by Gasteiger charge is -2.30. The molecule has 3 aromatic rings. The van der Waals surface area contributed by atoms with Gasteiger partial charge in [-0.2, -0.15) is 26.3 Å². The number of rotatable bonds is 9. The molecule has 1 saturated heterocycles. The minimum Gasteiger partial charge on any atom is -0.496 e. The van der Waals surface area contributed by atoms with Crippen LogP contribution in [0, 0.1) is 0 Å². The minimum atomic E-state index is -5.09. The van der Waals surface area contributed by atoms with Crippen LogP contribution in [0.15, 0.2) is 72.8 Å². The standard InChI is InChI=1S/C33H35F6N3O3.ClH/c1-3-27(40-15-13-23-11-7-8-12-29(23)45-2)31(44)41-16-14-28(22-9-5-4-6-10-22)42(18-17-41)30(43)24-19-25(32(34,35)36)21-26(20-24)33(37,38)39;/h4-12,19-21,27-28,40H,3,13-18H2,1-2H3;1H. The topological polar surface area (TPSA) is 61.9 Å². The number of ether oxygens (including phenoxy) is 1. The predicted molar refractivity (Wildman–Crippen MR) is 164 cm³/mol. The fourth-order valence-electron chi connectivity index (χ4n) is 5.58. The van der Waals surface area contributed by atoms with Gasteiger partial charge in [-0.3, -0.25) is 9.59 Å². The SMILES string of the molecule is CCC(NCCc1ccccc1OC)C(=O)N1CCC(c2ccccc2)N(C(=O)c2cc(C(F)(F)F)cc(C(F)(F)F)c2)CC1.Cl. The van der Waals surface area contributed by atoms with E-state index in [2.05, 4.69) is 5.32 Å². The first-order valence-electron chi connectivity index (χ1n) is 14.6. The summed E-state index contributed by atoms with van der Waals surface area (Å²) in [6.07, 6.45) is -8.85. The molecule has 1 aliphatic rings. The van der Waals surface area contributed by atoms with Crippen LogP contribution in [0.5, 0.6) is 5.75 Å². The van der Waals surface area contributed by atoms with Crippen molar-refractivity contribution < 1.29 is 40.7 Å². The maximum atomic E-state index is 13.8. The summed E-state index contributed by atoms with van der Waals surface area (Å²) < 4.78 is 86.8. The Labute approximate surface area is 270 Å². The normalized spacial score (nSPS) is 16.3. The van der Waals surface area contributed by atoms with Crippen molar-refractivity contribution in [2.45, 2.75) is 50.6 Å². The maximum absolute atomic E-state index is 13.8. The van der Waals surface area contributed by atoms with Crippen LogP contribution in [0.25, 0.3) is 0 Å². The molecule has 4 rings (SSSR count). The molecule has 0 radical (unpaired) electrons. The Morgan fingerprint density at radius 3 is 2.09 bits per heavy atom. The number of halogens is 7. The summed E-state index contributed by atoms with van der Waals surface area (Å²) >= 11 is 0. The highest BCUT2D eigenvalue weighted by atomic mass is 35.5. The molecule has 250 valence electrons. The van der Waals surface area contributed by atoms with Crippen molar-refractivity contribution >= 4 is 24.2 Å². The van der Waals surface area contributed by atoms with Crippen LogP contribution in [-0.2, 0) is 23.6 Å². The van der Waals surface area contributed by atoms with Crippen molar-refractivity contribution in [2.24, 2.45) is 0 Å². The maximum Gasteiger partial charge on any atom is 0.416 e. The Morgan fingerprint density at radius 2 is 1.50 bits per heavy atom. The minimum absolute atomic E-state index is 0. The van der Waals surface area contributed by atoms with E-state index in [0.717, 1.165) is 11.3 Å². The third kappa shape index (κ3) is 8.94. The van der Waals surface area contributed by atoms with Gasteiger partial charge in [0.2, 0.25) is 5.91 Å². The zero-order chi connectivity index (χ0) is 32.8. The molecule has 1 aliphatic heterocycles. The van der Waals surface area contributed by atoms with Gasteiger partial charge in [0.15, 0.2) is 0 Å². The number of carbonyl (C=O) groups is 2. The van der Waals surface area contributed by atoms with Crippen molar-refractivity contribution in [3.05, 3.63) is 101 Å². The van der Waals surface area contributed by atoms with Gasteiger partial charge in [-0.05, 0) is 54.7 Å². The Kier molecular flexibility index (Phi) is 12.5. The Balaban J connectivity index is 0.00000576. The van der Waals surface area contributed by atoms with Gasteiger partial charge in [-0.1, -0.05) is 55.5 Å². The predicted octanol–water partition coefficient (Wildman–Crippen LogP) is 7.18. The average molecular weight is 672 g/mol. The Morgan fingerprint density at radius 1 is 0.891 bits per heavy atom.